The van der Waals surface area contributed by atoms with Gasteiger partial charge in [0.15, 0.2) is 0 Å². The number of benzene rings is 4. The molecule has 0 saturated heterocycles. The summed E-state index contributed by atoms with van der Waals surface area (Å²) in [4.78, 5) is 17.5. The van der Waals surface area contributed by atoms with Crippen molar-refractivity contribution in [3.63, 3.8) is 0 Å². The summed E-state index contributed by atoms with van der Waals surface area (Å²) in [5.41, 5.74) is 3.02. The molecule has 0 fully saturated rings. The van der Waals surface area contributed by atoms with E-state index in [0.29, 0.717) is 11.3 Å². The highest BCUT2D eigenvalue weighted by molar-refractivity contribution is 9.10. The Morgan fingerprint density at radius 3 is 2.37 bits per heavy atom. The van der Waals surface area contributed by atoms with Gasteiger partial charge in [0.05, 0.1) is 11.4 Å². The Hall–Kier alpha value is -3.50. The average Bonchev–Trinajstić information content (AvgIpc) is 2.79. The first-order valence-electron chi connectivity index (χ1n) is 9.63. The fraction of sp³-hybridized carbons (Fsp3) is 0. The maximum absolute atomic E-state index is 12.9. The van der Waals surface area contributed by atoms with Crippen LogP contribution in [0.2, 0.25) is 0 Å². The maximum atomic E-state index is 12.9. The second-order valence-corrected chi connectivity index (χ2v) is 7.97. The Kier molecular flexibility index (Phi) is 4.77. The number of halogens is 1. The van der Waals surface area contributed by atoms with Crippen LogP contribution in [0, 0.1) is 0 Å². The number of hydrogen-bond acceptors (Lipinski definition) is 2. The quantitative estimate of drug-likeness (QED) is 0.297. The molecule has 1 N–H and O–H groups in total. The first-order chi connectivity index (χ1) is 14.7. The van der Waals surface area contributed by atoms with Gasteiger partial charge < -0.3 is 5.32 Å². The number of carbonyl (C=O) groups is 1. The van der Waals surface area contributed by atoms with Crippen LogP contribution in [0.3, 0.4) is 0 Å². The van der Waals surface area contributed by atoms with E-state index in [1.807, 2.05) is 42.5 Å². The molecule has 0 aliphatic rings. The zero-order chi connectivity index (χ0) is 20.5. The minimum Gasteiger partial charge on any atom is -0.320 e. The molecule has 0 radical (unpaired) electrons. The molecule has 4 aromatic carbocycles. The summed E-state index contributed by atoms with van der Waals surface area (Å²) in [6, 6.07) is 29.9. The third-order valence-electron chi connectivity index (χ3n) is 5.17. The predicted octanol–water partition coefficient (Wildman–Crippen LogP) is 7.07. The van der Waals surface area contributed by atoms with Gasteiger partial charge >= 0.3 is 0 Å². The van der Waals surface area contributed by atoms with Gasteiger partial charge in [-0.25, -0.2) is 0 Å². The van der Waals surface area contributed by atoms with Crippen LogP contribution in [0.25, 0.3) is 32.8 Å². The second kappa shape index (κ2) is 7.73. The van der Waals surface area contributed by atoms with E-state index in [2.05, 4.69) is 62.6 Å². The molecule has 1 amide bonds. The number of aromatic nitrogens is 1. The van der Waals surface area contributed by atoms with Crippen LogP contribution in [0.5, 0.6) is 0 Å². The molecule has 0 unspecified atom stereocenters. The Morgan fingerprint density at radius 2 is 1.53 bits per heavy atom. The molecule has 3 nitrogen and oxygen atoms in total. The molecule has 30 heavy (non-hydrogen) atoms. The number of anilines is 1. The van der Waals surface area contributed by atoms with Crippen molar-refractivity contribution in [2.45, 2.75) is 0 Å². The first-order valence-corrected chi connectivity index (χ1v) is 10.4. The number of nitrogens with one attached hydrogen (secondary N) is 1. The molecule has 0 atom stereocenters. The summed E-state index contributed by atoms with van der Waals surface area (Å²) in [5, 5.41) is 7.66. The fourth-order valence-corrected chi connectivity index (χ4v) is 4.19. The van der Waals surface area contributed by atoms with Crippen molar-refractivity contribution in [3.8, 4) is 11.3 Å². The van der Waals surface area contributed by atoms with E-state index in [1.165, 1.54) is 10.8 Å². The van der Waals surface area contributed by atoms with Crippen molar-refractivity contribution in [3.05, 3.63) is 107 Å². The molecule has 5 aromatic rings. The fourth-order valence-electron chi connectivity index (χ4n) is 3.80. The molecule has 0 aliphatic heterocycles. The number of fused-ring (bicyclic) bond motifs is 3. The van der Waals surface area contributed by atoms with Crippen LogP contribution < -0.4 is 5.32 Å². The Morgan fingerprint density at radius 1 is 0.767 bits per heavy atom. The Balaban J connectivity index is 1.67. The van der Waals surface area contributed by atoms with E-state index >= 15 is 0 Å². The van der Waals surface area contributed by atoms with E-state index in [-0.39, 0.29) is 5.91 Å². The summed E-state index contributed by atoms with van der Waals surface area (Å²) in [7, 11) is 0. The van der Waals surface area contributed by atoms with Crippen molar-refractivity contribution < 1.29 is 4.79 Å². The van der Waals surface area contributed by atoms with Crippen LogP contribution in [-0.2, 0) is 0 Å². The number of pyridine rings is 1. The molecule has 1 heterocycles. The Labute approximate surface area is 182 Å². The summed E-state index contributed by atoms with van der Waals surface area (Å²) in [6.45, 7) is 0. The van der Waals surface area contributed by atoms with Gasteiger partial charge in [0, 0.05) is 21.8 Å². The van der Waals surface area contributed by atoms with Gasteiger partial charge in [-0.1, -0.05) is 70.5 Å². The van der Waals surface area contributed by atoms with Crippen molar-refractivity contribution in [2.75, 3.05) is 5.32 Å². The van der Waals surface area contributed by atoms with Crippen LogP contribution in [-0.4, -0.2) is 10.9 Å². The third kappa shape index (κ3) is 3.36. The highest BCUT2D eigenvalue weighted by Crippen LogP contribution is 2.36. The average molecular weight is 453 g/mol. The standard InChI is InChI=1S/C26H17BrN2O/c27-19-9-5-8-18(15-19)26(30)29-24-13-6-14-28-25(24)23-16-17-7-1-2-10-20(17)21-11-3-4-12-22(21)23/h1-16H,(H,29,30). The van der Waals surface area contributed by atoms with Crippen molar-refractivity contribution in [2.24, 2.45) is 0 Å². The monoisotopic (exact) mass is 452 g/mol. The molecule has 0 bridgehead atoms. The van der Waals surface area contributed by atoms with Crippen LogP contribution in [0.1, 0.15) is 10.4 Å². The van der Waals surface area contributed by atoms with Gasteiger partial charge in [-0.05, 0) is 57.9 Å². The van der Waals surface area contributed by atoms with E-state index < -0.39 is 0 Å². The van der Waals surface area contributed by atoms with Gasteiger partial charge in [-0.2, -0.15) is 0 Å². The zero-order valence-corrected chi connectivity index (χ0v) is 17.6. The van der Waals surface area contributed by atoms with Crippen molar-refractivity contribution in [1.29, 1.82) is 0 Å². The SMILES string of the molecule is O=C(Nc1cccnc1-c1cc2ccccc2c2ccccc12)c1cccc(Br)c1. The summed E-state index contributed by atoms with van der Waals surface area (Å²) < 4.78 is 0.863. The Bertz CT molecular complexity index is 1410. The number of carbonyl (C=O) groups excluding carboxylic acids is 1. The smallest absolute Gasteiger partial charge is 0.255 e. The lowest BCUT2D eigenvalue weighted by Crippen LogP contribution is -2.13. The molecule has 144 valence electrons. The topological polar surface area (TPSA) is 42.0 Å². The van der Waals surface area contributed by atoms with E-state index in [1.54, 1.807) is 18.3 Å². The molecule has 1 aromatic heterocycles. The lowest BCUT2D eigenvalue weighted by molar-refractivity contribution is 0.102. The first kappa shape index (κ1) is 18.5. The third-order valence-corrected chi connectivity index (χ3v) is 5.66. The number of amides is 1. The van der Waals surface area contributed by atoms with Gasteiger partial charge in [-0.3, -0.25) is 9.78 Å². The van der Waals surface area contributed by atoms with Crippen molar-refractivity contribution in [1.82, 2.24) is 4.98 Å². The van der Waals surface area contributed by atoms with Crippen LogP contribution in [0.4, 0.5) is 5.69 Å². The highest BCUT2D eigenvalue weighted by Gasteiger charge is 2.15. The summed E-state index contributed by atoms with van der Waals surface area (Å²) in [6.07, 6.45) is 1.76. The molecule has 0 saturated carbocycles. The van der Waals surface area contributed by atoms with Gasteiger partial charge in [0.25, 0.3) is 5.91 Å². The number of nitrogens with zero attached hydrogens (tertiary/aromatic N) is 1. The molecule has 0 aliphatic carbocycles. The largest absolute Gasteiger partial charge is 0.320 e. The lowest BCUT2D eigenvalue weighted by Gasteiger charge is -2.14. The predicted molar refractivity (Wildman–Crippen MR) is 127 cm³/mol. The normalized spacial score (nSPS) is 11.0. The van der Waals surface area contributed by atoms with E-state index in [0.717, 1.165) is 26.5 Å². The minimum atomic E-state index is -0.171. The van der Waals surface area contributed by atoms with E-state index in [4.69, 9.17) is 0 Å². The second-order valence-electron chi connectivity index (χ2n) is 7.05. The molecule has 5 rings (SSSR count). The summed E-state index contributed by atoms with van der Waals surface area (Å²) >= 11 is 3.42. The maximum Gasteiger partial charge on any atom is 0.255 e. The molecular weight excluding hydrogens is 436 g/mol. The minimum absolute atomic E-state index is 0.171. The van der Waals surface area contributed by atoms with Crippen LogP contribution >= 0.6 is 15.9 Å². The zero-order valence-electron chi connectivity index (χ0n) is 16.0. The number of hydrogen-bond donors (Lipinski definition) is 1. The lowest BCUT2D eigenvalue weighted by atomic mass is 9.95. The summed E-state index contributed by atoms with van der Waals surface area (Å²) in [5.74, 6) is -0.171. The molecule has 4 heteroatoms. The molecule has 0 spiro atoms. The van der Waals surface area contributed by atoms with Crippen LogP contribution in [0.15, 0.2) is 102 Å². The van der Waals surface area contributed by atoms with Gasteiger partial charge in [-0.15, -0.1) is 0 Å². The van der Waals surface area contributed by atoms with Gasteiger partial charge in [0.2, 0.25) is 0 Å². The number of rotatable bonds is 3. The van der Waals surface area contributed by atoms with E-state index in [9.17, 15) is 4.79 Å². The highest BCUT2D eigenvalue weighted by atomic mass is 79.9. The van der Waals surface area contributed by atoms with Crippen molar-refractivity contribution >= 4 is 49.1 Å². The molecular formula is C26H17BrN2O. The van der Waals surface area contributed by atoms with Gasteiger partial charge in [0.1, 0.15) is 0 Å².